The zero-order chi connectivity index (χ0) is 15.4. The fourth-order valence-corrected chi connectivity index (χ4v) is 3.29. The number of amides is 1. The first-order chi connectivity index (χ1) is 10.8. The van der Waals surface area contributed by atoms with Crippen LogP contribution in [0.5, 0.6) is 11.8 Å². The van der Waals surface area contributed by atoms with E-state index in [2.05, 4.69) is 9.97 Å². The zero-order valence-electron chi connectivity index (χ0n) is 13.0. The molecule has 0 aromatic carbocycles. The van der Waals surface area contributed by atoms with Crippen LogP contribution in [0.25, 0.3) is 0 Å². The summed E-state index contributed by atoms with van der Waals surface area (Å²) in [5.41, 5.74) is 0. The Morgan fingerprint density at radius 3 is 2.73 bits per heavy atom. The highest BCUT2D eigenvalue weighted by Gasteiger charge is 2.32. The van der Waals surface area contributed by atoms with Gasteiger partial charge in [-0.15, -0.1) is 0 Å². The van der Waals surface area contributed by atoms with E-state index >= 15 is 0 Å². The van der Waals surface area contributed by atoms with E-state index < -0.39 is 0 Å². The smallest absolute Gasteiger partial charge is 0.235 e. The number of aromatic nitrogens is 2. The van der Waals surface area contributed by atoms with Crippen LogP contribution >= 0.6 is 0 Å². The van der Waals surface area contributed by atoms with E-state index in [1.807, 2.05) is 4.90 Å². The third-order valence-corrected chi connectivity index (χ3v) is 4.50. The lowest BCUT2D eigenvalue weighted by Gasteiger charge is -2.26. The van der Waals surface area contributed by atoms with Crippen LogP contribution in [0.3, 0.4) is 0 Å². The lowest BCUT2D eigenvalue weighted by atomic mass is 9.88. The number of methoxy groups -OCH3 is 1. The molecule has 1 saturated carbocycles. The Morgan fingerprint density at radius 1 is 1.18 bits per heavy atom. The fraction of sp³-hybridized carbons (Fsp3) is 0.688. The van der Waals surface area contributed by atoms with Crippen LogP contribution in [0.2, 0.25) is 0 Å². The van der Waals surface area contributed by atoms with Crippen LogP contribution in [0.4, 0.5) is 0 Å². The van der Waals surface area contributed by atoms with Gasteiger partial charge in [0.15, 0.2) is 0 Å². The van der Waals surface area contributed by atoms with Crippen molar-refractivity contribution in [3.63, 3.8) is 0 Å². The number of hydrogen-bond donors (Lipinski definition) is 0. The monoisotopic (exact) mass is 305 g/mol. The molecule has 1 aliphatic carbocycles. The summed E-state index contributed by atoms with van der Waals surface area (Å²) in [4.78, 5) is 22.7. The van der Waals surface area contributed by atoms with E-state index in [-0.39, 0.29) is 12.0 Å². The van der Waals surface area contributed by atoms with Gasteiger partial charge in [0, 0.05) is 18.9 Å². The normalized spacial score (nSPS) is 22.6. The first-order valence-electron chi connectivity index (χ1n) is 8.08. The summed E-state index contributed by atoms with van der Waals surface area (Å²) in [6, 6.07) is 0. The second-order valence-corrected chi connectivity index (χ2v) is 6.05. The summed E-state index contributed by atoms with van der Waals surface area (Å²) in [6.45, 7) is 1.42. The molecule has 0 spiro atoms. The standard InChI is InChI=1S/C16H23N3O3/c1-21-14-9-17-10-15(18-14)22-13-7-8-19(11-13)16(20)12-5-3-2-4-6-12/h9-10,12-13H,2-8,11H2,1H3. The zero-order valence-corrected chi connectivity index (χ0v) is 13.0. The minimum atomic E-state index is -0.00560. The van der Waals surface area contributed by atoms with Crippen molar-refractivity contribution in [1.82, 2.24) is 14.9 Å². The Bertz CT molecular complexity index is 517. The highest BCUT2D eigenvalue weighted by atomic mass is 16.5. The third kappa shape index (κ3) is 3.48. The van der Waals surface area contributed by atoms with Crippen LogP contribution in [0.1, 0.15) is 38.5 Å². The maximum absolute atomic E-state index is 12.5. The predicted molar refractivity (Wildman–Crippen MR) is 80.8 cm³/mol. The Balaban J connectivity index is 1.54. The summed E-state index contributed by atoms with van der Waals surface area (Å²) < 4.78 is 10.9. The van der Waals surface area contributed by atoms with Crippen LogP contribution in [-0.2, 0) is 4.79 Å². The highest BCUT2D eigenvalue weighted by molar-refractivity contribution is 5.79. The average Bonchev–Trinajstić information content (AvgIpc) is 3.03. The Morgan fingerprint density at radius 2 is 1.95 bits per heavy atom. The molecule has 0 radical (unpaired) electrons. The van der Waals surface area contributed by atoms with Gasteiger partial charge in [-0.1, -0.05) is 19.3 Å². The third-order valence-electron chi connectivity index (χ3n) is 4.50. The van der Waals surface area contributed by atoms with Crippen molar-refractivity contribution in [2.45, 2.75) is 44.6 Å². The molecule has 6 heteroatoms. The summed E-state index contributed by atoms with van der Waals surface area (Å²) in [6.07, 6.45) is 9.68. The van der Waals surface area contributed by atoms with E-state index in [0.717, 1.165) is 25.8 Å². The van der Waals surface area contributed by atoms with Crippen LogP contribution < -0.4 is 9.47 Å². The summed E-state index contributed by atoms with van der Waals surface area (Å²) in [5.74, 6) is 1.42. The number of carbonyl (C=O) groups excluding carboxylic acids is 1. The van der Waals surface area contributed by atoms with Crippen molar-refractivity contribution < 1.29 is 14.3 Å². The SMILES string of the molecule is COc1cncc(OC2CCN(C(=O)C3CCCCC3)C2)n1. The second kappa shape index (κ2) is 6.94. The number of nitrogens with zero attached hydrogens (tertiary/aromatic N) is 3. The molecule has 3 rings (SSSR count). The van der Waals surface area contributed by atoms with E-state index in [4.69, 9.17) is 9.47 Å². The van der Waals surface area contributed by atoms with Crippen molar-refractivity contribution in [3.05, 3.63) is 12.4 Å². The minimum Gasteiger partial charge on any atom is -0.480 e. The second-order valence-electron chi connectivity index (χ2n) is 6.05. The maximum atomic E-state index is 12.5. The molecule has 1 saturated heterocycles. The molecule has 22 heavy (non-hydrogen) atoms. The lowest BCUT2D eigenvalue weighted by molar-refractivity contribution is -0.135. The van der Waals surface area contributed by atoms with E-state index in [1.165, 1.54) is 19.3 Å². The molecule has 0 N–H and O–H groups in total. The highest BCUT2D eigenvalue weighted by Crippen LogP contribution is 2.27. The number of ether oxygens (including phenoxy) is 2. The van der Waals surface area contributed by atoms with Crippen LogP contribution in [0.15, 0.2) is 12.4 Å². The van der Waals surface area contributed by atoms with Crippen LogP contribution in [0, 0.1) is 5.92 Å². The van der Waals surface area contributed by atoms with Gasteiger partial charge in [0.25, 0.3) is 0 Å². The molecular weight excluding hydrogens is 282 g/mol. The summed E-state index contributed by atoms with van der Waals surface area (Å²) in [7, 11) is 1.55. The molecular formula is C16H23N3O3. The van der Waals surface area contributed by atoms with Crippen molar-refractivity contribution in [1.29, 1.82) is 0 Å². The molecule has 1 aliphatic heterocycles. The number of rotatable bonds is 4. The van der Waals surface area contributed by atoms with E-state index in [0.29, 0.717) is 24.2 Å². The molecule has 2 heterocycles. The summed E-state index contributed by atoms with van der Waals surface area (Å²) >= 11 is 0. The van der Waals surface area contributed by atoms with Gasteiger partial charge in [-0.3, -0.25) is 9.78 Å². The van der Waals surface area contributed by atoms with Crippen molar-refractivity contribution in [2.24, 2.45) is 5.92 Å². The van der Waals surface area contributed by atoms with E-state index in [1.54, 1.807) is 19.5 Å². The van der Waals surface area contributed by atoms with Gasteiger partial charge >= 0.3 is 0 Å². The molecule has 1 amide bonds. The fourth-order valence-electron chi connectivity index (χ4n) is 3.29. The first-order valence-corrected chi connectivity index (χ1v) is 8.08. The lowest BCUT2D eigenvalue weighted by Crippen LogP contribution is -2.36. The first kappa shape index (κ1) is 15.1. The Hall–Kier alpha value is -1.85. The molecule has 2 fully saturated rings. The molecule has 1 atom stereocenters. The van der Waals surface area contributed by atoms with Gasteiger partial charge in [-0.25, -0.2) is 0 Å². The minimum absolute atomic E-state index is 0.00560. The molecule has 1 aromatic rings. The topological polar surface area (TPSA) is 64.6 Å². The Kier molecular flexibility index (Phi) is 4.75. The molecule has 1 unspecified atom stereocenters. The Labute approximate surface area is 130 Å². The molecule has 2 aliphatic rings. The van der Waals surface area contributed by atoms with Crippen molar-refractivity contribution in [3.8, 4) is 11.8 Å². The largest absolute Gasteiger partial charge is 0.480 e. The van der Waals surface area contributed by atoms with Gasteiger partial charge < -0.3 is 14.4 Å². The quantitative estimate of drug-likeness (QED) is 0.852. The van der Waals surface area contributed by atoms with Crippen molar-refractivity contribution >= 4 is 5.91 Å². The van der Waals surface area contributed by atoms with Crippen molar-refractivity contribution in [2.75, 3.05) is 20.2 Å². The molecule has 0 bridgehead atoms. The molecule has 6 nitrogen and oxygen atoms in total. The number of carbonyl (C=O) groups is 1. The number of hydrogen-bond acceptors (Lipinski definition) is 5. The summed E-state index contributed by atoms with van der Waals surface area (Å²) in [5, 5.41) is 0. The predicted octanol–water partition coefficient (Wildman–Crippen LogP) is 2.05. The average molecular weight is 305 g/mol. The molecule has 120 valence electrons. The van der Waals surface area contributed by atoms with Crippen LogP contribution in [-0.4, -0.2) is 47.1 Å². The van der Waals surface area contributed by atoms with Gasteiger partial charge in [0.1, 0.15) is 6.10 Å². The van der Waals surface area contributed by atoms with Gasteiger partial charge in [0.05, 0.1) is 26.0 Å². The number of likely N-dealkylation sites (tertiary alicyclic amines) is 1. The van der Waals surface area contributed by atoms with E-state index in [9.17, 15) is 4.79 Å². The van der Waals surface area contributed by atoms with Gasteiger partial charge in [-0.2, -0.15) is 4.98 Å². The molecule has 1 aromatic heterocycles. The van der Waals surface area contributed by atoms with Gasteiger partial charge in [-0.05, 0) is 12.8 Å². The van der Waals surface area contributed by atoms with Gasteiger partial charge in [0.2, 0.25) is 17.7 Å². The maximum Gasteiger partial charge on any atom is 0.235 e.